The second-order valence-corrected chi connectivity index (χ2v) is 5.99. The molecule has 1 aliphatic heterocycles. The Morgan fingerprint density at radius 1 is 1.39 bits per heavy atom. The number of aliphatic carboxylic acids is 1. The van der Waals surface area contributed by atoms with E-state index in [1.807, 2.05) is 38.1 Å². The van der Waals surface area contributed by atoms with Crippen LogP contribution in [-0.4, -0.2) is 35.1 Å². The van der Waals surface area contributed by atoms with Crippen LogP contribution in [-0.2, 0) is 9.53 Å². The van der Waals surface area contributed by atoms with Crippen LogP contribution in [0.3, 0.4) is 0 Å². The molecule has 1 aliphatic rings. The van der Waals surface area contributed by atoms with E-state index < -0.39 is 10.7 Å². The topological polar surface area (TPSA) is 55.8 Å². The lowest BCUT2D eigenvalue weighted by Gasteiger charge is -2.36. The standard InChI is InChI=1S/C13H16O4S/c1-9(2)17-10-3-5-11(6-4-10)18-13(12(14)15)7-16-8-13/h3-6,9H,7-8H2,1-2H3,(H,14,15). The number of ether oxygens (including phenoxy) is 2. The Morgan fingerprint density at radius 2 is 2.00 bits per heavy atom. The molecule has 0 atom stereocenters. The highest BCUT2D eigenvalue weighted by molar-refractivity contribution is 8.01. The van der Waals surface area contributed by atoms with Gasteiger partial charge in [0.25, 0.3) is 0 Å². The third-order valence-electron chi connectivity index (χ3n) is 2.57. The molecule has 0 bridgehead atoms. The normalized spacial score (nSPS) is 17.3. The molecule has 1 aromatic rings. The van der Waals surface area contributed by atoms with Gasteiger partial charge in [-0.1, -0.05) is 0 Å². The summed E-state index contributed by atoms with van der Waals surface area (Å²) in [6, 6.07) is 7.48. The Hall–Kier alpha value is -1.20. The zero-order valence-electron chi connectivity index (χ0n) is 10.4. The molecule has 1 N–H and O–H groups in total. The molecule has 4 nitrogen and oxygen atoms in total. The number of hydrogen-bond donors (Lipinski definition) is 1. The minimum absolute atomic E-state index is 0.133. The summed E-state index contributed by atoms with van der Waals surface area (Å²) in [6.07, 6.45) is 0.133. The van der Waals surface area contributed by atoms with E-state index in [0.717, 1.165) is 10.6 Å². The van der Waals surface area contributed by atoms with Crippen molar-refractivity contribution in [1.29, 1.82) is 0 Å². The lowest BCUT2D eigenvalue weighted by molar-refractivity contribution is -0.151. The van der Waals surface area contributed by atoms with Crippen molar-refractivity contribution in [3.05, 3.63) is 24.3 Å². The smallest absolute Gasteiger partial charge is 0.324 e. The highest BCUT2D eigenvalue weighted by Crippen LogP contribution is 2.39. The van der Waals surface area contributed by atoms with Gasteiger partial charge in [-0.15, -0.1) is 11.8 Å². The van der Waals surface area contributed by atoms with E-state index in [2.05, 4.69) is 0 Å². The van der Waals surface area contributed by atoms with Gasteiger partial charge in [0, 0.05) is 4.90 Å². The van der Waals surface area contributed by atoms with E-state index in [9.17, 15) is 9.90 Å². The molecular weight excluding hydrogens is 252 g/mol. The summed E-state index contributed by atoms with van der Waals surface area (Å²) in [7, 11) is 0. The van der Waals surface area contributed by atoms with Crippen LogP contribution >= 0.6 is 11.8 Å². The number of carbonyl (C=O) groups is 1. The van der Waals surface area contributed by atoms with Crippen LogP contribution in [0.5, 0.6) is 5.75 Å². The molecule has 0 radical (unpaired) electrons. The van der Waals surface area contributed by atoms with Crippen molar-refractivity contribution < 1.29 is 19.4 Å². The van der Waals surface area contributed by atoms with Crippen LogP contribution in [0.25, 0.3) is 0 Å². The first-order valence-corrected chi connectivity index (χ1v) is 6.60. The maximum atomic E-state index is 11.2. The molecule has 1 saturated heterocycles. The van der Waals surface area contributed by atoms with Gasteiger partial charge >= 0.3 is 5.97 Å². The third kappa shape index (κ3) is 2.79. The number of carboxylic acid groups (broad SMARTS) is 1. The van der Waals surface area contributed by atoms with Crippen molar-refractivity contribution in [2.45, 2.75) is 29.6 Å². The fourth-order valence-electron chi connectivity index (χ4n) is 1.60. The fourth-order valence-corrected chi connectivity index (χ4v) is 2.69. The number of hydrogen-bond acceptors (Lipinski definition) is 4. The van der Waals surface area contributed by atoms with Gasteiger partial charge in [0.2, 0.25) is 0 Å². The summed E-state index contributed by atoms with van der Waals surface area (Å²) in [6.45, 7) is 4.45. The largest absolute Gasteiger partial charge is 0.491 e. The van der Waals surface area contributed by atoms with Crippen LogP contribution in [0.4, 0.5) is 0 Å². The number of thioether (sulfide) groups is 1. The molecule has 0 aromatic heterocycles. The molecule has 0 aliphatic carbocycles. The zero-order chi connectivity index (χ0) is 13.2. The van der Waals surface area contributed by atoms with Gasteiger partial charge < -0.3 is 14.6 Å². The molecule has 2 rings (SSSR count). The van der Waals surface area contributed by atoms with Gasteiger partial charge in [0.1, 0.15) is 5.75 Å². The lowest BCUT2D eigenvalue weighted by Crippen LogP contribution is -2.53. The molecule has 1 heterocycles. The molecule has 0 saturated carbocycles. The van der Waals surface area contributed by atoms with E-state index in [1.165, 1.54) is 11.8 Å². The van der Waals surface area contributed by atoms with Gasteiger partial charge in [-0.25, -0.2) is 0 Å². The average Bonchev–Trinajstić information content (AvgIpc) is 2.24. The first-order valence-electron chi connectivity index (χ1n) is 5.79. The molecule has 0 spiro atoms. The van der Waals surface area contributed by atoms with Crippen LogP contribution in [0.15, 0.2) is 29.2 Å². The van der Waals surface area contributed by atoms with E-state index in [0.29, 0.717) is 0 Å². The van der Waals surface area contributed by atoms with Gasteiger partial charge in [0.15, 0.2) is 4.75 Å². The second-order valence-electron chi connectivity index (χ2n) is 4.53. The monoisotopic (exact) mass is 268 g/mol. The van der Waals surface area contributed by atoms with Crippen LogP contribution < -0.4 is 4.74 Å². The molecule has 18 heavy (non-hydrogen) atoms. The van der Waals surface area contributed by atoms with Gasteiger partial charge in [-0.2, -0.15) is 0 Å². The van der Waals surface area contributed by atoms with Gasteiger partial charge in [-0.3, -0.25) is 4.79 Å². The van der Waals surface area contributed by atoms with Crippen LogP contribution in [0.2, 0.25) is 0 Å². The minimum atomic E-state index is -0.819. The Labute approximate surface area is 110 Å². The summed E-state index contributed by atoms with van der Waals surface area (Å²) in [4.78, 5) is 12.1. The molecule has 1 aromatic carbocycles. The molecule has 98 valence electrons. The quantitative estimate of drug-likeness (QED) is 0.888. The summed E-state index contributed by atoms with van der Waals surface area (Å²) < 4.78 is 9.74. The van der Waals surface area contributed by atoms with Crippen molar-refractivity contribution in [1.82, 2.24) is 0 Å². The Kier molecular flexibility index (Phi) is 3.82. The van der Waals surface area contributed by atoms with Crippen molar-refractivity contribution >= 4 is 17.7 Å². The predicted molar refractivity (Wildman–Crippen MR) is 69.2 cm³/mol. The maximum Gasteiger partial charge on any atom is 0.324 e. The van der Waals surface area contributed by atoms with Crippen molar-refractivity contribution in [3.8, 4) is 5.75 Å². The molecule has 0 amide bonds. The van der Waals surface area contributed by atoms with Crippen LogP contribution in [0.1, 0.15) is 13.8 Å². The highest BCUT2D eigenvalue weighted by Gasteiger charge is 2.47. The average molecular weight is 268 g/mol. The van der Waals surface area contributed by atoms with E-state index in [1.54, 1.807) is 0 Å². The Morgan fingerprint density at radius 3 is 2.39 bits per heavy atom. The van der Waals surface area contributed by atoms with E-state index in [4.69, 9.17) is 9.47 Å². The minimum Gasteiger partial charge on any atom is -0.491 e. The fraction of sp³-hybridized carbons (Fsp3) is 0.462. The van der Waals surface area contributed by atoms with Gasteiger partial charge in [-0.05, 0) is 38.1 Å². The lowest BCUT2D eigenvalue weighted by atomic mass is 10.1. The molecule has 5 heteroatoms. The summed E-state index contributed by atoms with van der Waals surface area (Å²) in [5, 5.41) is 9.19. The molecular formula is C13H16O4S. The highest BCUT2D eigenvalue weighted by atomic mass is 32.2. The maximum absolute atomic E-state index is 11.2. The van der Waals surface area contributed by atoms with Crippen molar-refractivity contribution in [2.24, 2.45) is 0 Å². The first-order chi connectivity index (χ1) is 8.52. The first kappa shape index (κ1) is 13.2. The summed E-state index contributed by atoms with van der Waals surface area (Å²) in [5.41, 5.74) is 0. The van der Waals surface area contributed by atoms with Crippen molar-refractivity contribution in [3.63, 3.8) is 0 Å². The van der Waals surface area contributed by atoms with E-state index in [-0.39, 0.29) is 19.3 Å². The third-order valence-corrected chi connectivity index (χ3v) is 3.88. The number of rotatable bonds is 5. The number of benzene rings is 1. The zero-order valence-corrected chi connectivity index (χ0v) is 11.2. The van der Waals surface area contributed by atoms with Crippen LogP contribution in [0, 0.1) is 0 Å². The van der Waals surface area contributed by atoms with E-state index >= 15 is 0 Å². The Bertz CT molecular complexity index is 423. The molecule has 0 unspecified atom stereocenters. The summed E-state index contributed by atoms with van der Waals surface area (Å²) >= 11 is 1.33. The Balaban J connectivity index is 2.04. The van der Waals surface area contributed by atoms with Gasteiger partial charge in [0.05, 0.1) is 19.3 Å². The van der Waals surface area contributed by atoms with Crippen molar-refractivity contribution in [2.75, 3.05) is 13.2 Å². The SMILES string of the molecule is CC(C)Oc1ccc(SC2(C(=O)O)COC2)cc1. The number of carboxylic acids is 1. The second kappa shape index (κ2) is 5.20. The predicted octanol–water partition coefficient (Wildman–Crippen LogP) is 2.42. The summed E-state index contributed by atoms with van der Waals surface area (Å²) in [5.74, 6) is -0.0233. The molecule has 1 fully saturated rings.